The normalized spacial score (nSPS) is 36.3. The largest absolute Gasteiger partial charge is 0.375 e. The quantitative estimate of drug-likeness (QED) is 0.816. The molecule has 0 radical (unpaired) electrons. The summed E-state index contributed by atoms with van der Waals surface area (Å²) < 4.78 is 5.84. The number of likely N-dealkylation sites (tertiary alicyclic amines) is 1. The molecule has 0 aromatic heterocycles. The number of amides is 1. The fourth-order valence-corrected chi connectivity index (χ4v) is 3.58. The van der Waals surface area contributed by atoms with E-state index in [0.717, 1.165) is 19.6 Å². The average molecular weight is 252 g/mol. The van der Waals surface area contributed by atoms with E-state index < -0.39 is 0 Å². The lowest BCUT2D eigenvalue weighted by molar-refractivity contribution is -0.132. The molecule has 18 heavy (non-hydrogen) atoms. The number of nitrogens with one attached hydrogen (secondary N) is 1. The van der Waals surface area contributed by atoms with Gasteiger partial charge in [-0.25, -0.2) is 0 Å². The number of nitrogens with zero attached hydrogens (tertiary/aromatic N) is 1. The number of carbonyl (C=O) groups is 1. The minimum absolute atomic E-state index is 0.0396. The van der Waals surface area contributed by atoms with E-state index in [-0.39, 0.29) is 11.9 Å². The fourth-order valence-electron chi connectivity index (χ4n) is 3.58. The highest BCUT2D eigenvalue weighted by Crippen LogP contribution is 2.38. The summed E-state index contributed by atoms with van der Waals surface area (Å²) in [6, 6.07) is -0.0396. The first-order valence-electron chi connectivity index (χ1n) is 7.41. The van der Waals surface area contributed by atoms with Crippen molar-refractivity contribution in [3.63, 3.8) is 0 Å². The topological polar surface area (TPSA) is 41.6 Å². The molecule has 3 fully saturated rings. The van der Waals surface area contributed by atoms with Crippen molar-refractivity contribution >= 4 is 5.91 Å². The van der Waals surface area contributed by atoms with Crippen molar-refractivity contribution in [3.8, 4) is 0 Å². The van der Waals surface area contributed by atoms with E-state index in [9.17, 15) is 4.79 Å². The molecule has 4 heteroatoms. The summed E-state index contributed by atoms with van der Waals surface area (Å²) in [5, 5.41) is 3.41. The van der Waals surface area contributed by atoms with Crippen LogP contribution in [0.4, 0.5) is 0 Å². The lowest BCUT2D eigenvalue weighted by Gasteiger charge is -2.24. The third-order valence-corrected chi connectivity index (χ3v) is 4.71. The van der Waals surface area contributed by atoms with E-state index in [1.165, 1.54) is 32.1 Å². The van der Waals surface area contributed by atoms with E-state index in [4.69, 9.17) is 4.74 Å². The zero-order valence-electron chi connectivity index (χ0n) is 11.2. The van der Waals surface area contributed by atoms with Crippen LogP contribution in [-0.2, 0) is 9.53 Å². The van der Waals surface area contributed by atoms with Gasteiger partial charge in [-0.2, -0.15) is 0 Å². The molecule has 1 amide bonds. The Hall–Kier alpha value is -0.610. The Labute approximate surface area is 109 Å². The molecule has 3 saturated heterocycles. The Bertz CT molecular complexity index is 315. The van der Waals surface area contributed by atoms with Gasteiger partial charge in [-0.3, -0.25) is 4.79 Å². The van der Waals surface area contributed by atoms with Crippen LogP contribution >= 0.6 is 0 Å². The van der Waals surface area contributed by atoms with E-state index >= 15 is 0 Å². The van der Waals surface area contributed by atoms with Crippen LogP contribution in [-0.4, -0.2) is 48.7 Å². The van der Waals surface area contributed by atoms with Gasteiger partial charge in [0.25, 0.3) is 0 Å². The van der Waals surface area contributed by atoms with E-state index in [0.29, 0.717) is 18.1 Å². The highest BCUT2D eigenvalue weighted by atomic mass is 16.5. The van der Waals surface area contributed by atoms with Crippen LogP contribution in [0.15, 0.2) is 0 Å². The van der Waals surface area contributed by atoms with Crippen LogP contribution in [0.5, 0.6) is 0 Å². The third-order valence-electron chi connectivity index (χ3n) is 4.71. The Kier molecular flexibility index (Phi) is 3.57. The highest BCUT2D eigenvalue weighted by Gasteiger charge is 2.40. The van der Waals surface area contributed by atoms with Gasteiger partial charge in [-0.05, 0) is 39.0 Å². The number of rotatable bonds is 4. The van der Waals surface area contributed by atoms with Crippen LogP contribution in [0, 0.1) is 5.92 Å². The molecular weight excluding hydrogens is 228 g/mol. The van der Waals surface area contributed by atoms with Crippen LogP contribution in [0.25, 0.3) is 0 Å². The van der Waals surface area contributed by atoms with Gasteiger partial charge in [0, 0.05) is 25.6 Å². The van der Waals surface area contributed by atoms with Crippen molar-refractivity contribution in [2.24, 2.45) is 5.92 Å². The van der Waals surface area contributed by atoms with Crippen molar-refractivity contribution < 1.29 is 9.53 Å². The first-order valence-corrected chi connectivity index (χ1v) is 7.41. The molecular formula is C14H24N2O2. The highest BCUT2D eigenvalue weighted by molar-refractivity contribution is 5.81. The monoisotopic (exact) mass is 252 g/mol. The summed E-state index contributed by atoms with van der Waals surface area (Å²) >= 11 is 0. The molecule has 4 nitrogen and oxygen atoms in total. The third kappa shape index (κ3) is 2.41. The van der Waals surface area contributed by atoms with Gasteiger partial charge in [0.1, 0.15) is 0 Å². The molecule has 4 atom stereocenters. The molecule has 2 bridgehead atoms. The molecule has 3 aliphatic rings. The Morgan fingerprint density at radius 3 is 2.78 bits per heavy atom. The van der Waals surface area contributed by atoms with Gasteiger partial charge in [-0.1, -0.05) is 0 Å². The fraction of sp³-hybridized carbons (Fsp3) is 0.929. The van der Waals surface area contributed by atoms with Crippen molar-refractivity contribution in [2.45, 2.75) is 57.3 Å². The molecule has 0 aliphatic carbocycles. The summed E-state index contributed by atoms with van der Waals surface area (Å²) in [6.45, 7) is 4.82. The molecule has 0 aromatic carbocycles. The average Bonchev–Trinajstić information content (AvgIpc) is 3.10. The van der Waals surface area contributed by atoms with Crippen LogP contribution in [0.1, 0.15) is 39.0 Å². The number of ether oxygens (including phenoxy) is 1. The first kappa shape index (κ1) is 12.4. The minimum Gasteiger partial charge on any atom is -0.375 e. The maximum atomic E-state index is 12.1. The molecule has 1 N–H and O–H groups in total. The van der Waals surface area contributed by atoms with E-state index in [2.05, 4.69) is 5.32 Å². The zero-order valence-corrected chi connectivity index (χ0v) is 11.2. The van der Waals surface area contributed by atoms with Gasteiger partial charge >= 0.3 is 0 Å². The van der Waals surface area contributed by atoms with Crippen LogP contribution < -0.4 is 5.32 Å². The maximum Gasteiger partial charge on any atom is 0.239 e. The lowest BCUT2D eigenvalue weighted by Crippen LogP contribution is -2.45. The molecule has 3 aliphatic heterocycles. The van der Waals surface area contributed by atoms with Gasteiger partial charge in [0.2, 0.25) is 5.91 Å². The molecule has 0 saturated carbocycles. The lowest BCUT2D eigenvalue weighted by atomic mass is 9.89. The van der Waals surface area contributed by atoms with Crippen LogP contribution in [0.3, 0.4) is 0 Å². The number of hydrogen-bond donors (Lipinski definition) is 1. The van der Waals surface area contributed by atoms with Crippen molar-refractivity contribution in [1.82, 2.24) is 10.2 Å². The smallest absolute Gasteiger partial charge is 0.239 e. The molecule has 102 valence electrons. The molecule has 4 unspecified atom stereocenters. The van der Waals surface area contributed by atoms with Crippen molar-refractivity contribution in [1.29, 1.82) is 0 Å². The zero-order chi connectivity index (χ0) is 12.5. The summed E-state index contributed by atoms with van der Waals surface area (Å²) in [5.74, 6) is 0.897. The van der Waals surface area contributed by atoms with Crippen molar-refractivity contribution in [2.75, 3.05) is 19.6 Å². The second-order valence-electron chi connectivity index (χ2n) is 6.03. The summed E-state index contributed by atoms with van der Waals surface area (Å²) in [6.07, 6.45) is 6.93. The summed E-state index contributed by atoms with van der Waals surface area (Å²) in [4.78, 5) is 14.1. The van der Waals surface area contributed by atoms with E-state index in [1.54, 1.807) is 0 Å². The Morgan fingerprint density at radius 1 is 1.39 bits per heavy atom. The molecule has 3 rings (SSSR count). The number of fused-ring (bicyclic) bond motifs is 2. The van der Waals surface area contributed by atoms with Gasteiger partial charge in [-0.15, -0.1) is 0 Å². The first-order chi connectivity index (χ1) is 8.74. The second-order valence-corrected chi connectivity index (χ2v) is 6.03. The summed E-state index contributed by atoms with van der Waals surface area (Å²) in [5.41, 5.74) is 0. The van der Waals surface area contributed by atoms with Crippen molar-refractivity contribution in [3.05, 3.63) is 0 Å². The standard InChI is InChI=1S/C14H24N2O2/c1-10(14(17)16-6-2-3-7-16)15-9-11-8-12-4-5-13(11)18-12/h10-13,15H,2-9H2,1H3. The van der Waals surface area contributed by atoms with E-state index in [1.807, 2.05) is 11.8 Å². The predicted molar refractivity (Wildman–Crippen MR) is 69.3 cm³/mol. The van der Waals surface area contributed by atoms with Gasteiger partial charge in [0.15, 0.2) is 0 Å². The molecule has 0 spiro atoms. The Balaban J connectivity index is 1.43. The molecule has 0 aromatic rings. The van der Waals surface area contributed by atoms with Gasteiger partial charge < -0.3 is 15.0 Å². The minimum atomic E-state index is -0.0396. The molecule has 3 heterocycles. The number of carbonyl (C=O) groups excluding carboxylic acids is 1. The Morgan fingerprint density at radius 2 is 2.17 bits per heavy atom. The maximum absolute atomic E-state index is 12.1. The summed E-state index contributed by atoms with van der Waals surface area (Å²) in [7, 11) is 0. The predicted octanol–water partition coefficient (Wildman–Crippen LogP) is 1.15. The second kappa shape index (κ2) is 5.17. The SMILES string of the molecule is CC(NCC1CC2CCC1O2)C(=O)N1CCCC1. The van der Waals surface area contributed by atoms with Gasteiger partial charge in [0.05, 0.1) is 18.2 Å². The number of hydrogen-bond acceptors (Lipinski definition) is 3. The van der Waals surface area contributed by atoms with Crippen LogP contribution in [0.2, 0.25) is 0 Å².